The van der Waals surface area contributed by atoms with Crippen LogP contribution in [0.5, 0.6) is 0 Å². The van der Waals surface area contributed by atoms with Crippen molar-refractivity contribution in [3.63, 3.8) is 0 Å². The molecule has 0 radical (unpaired) electrons. The average molecular weight is 257 g/mol. The van der Waals surface area contributed by atoms with Crippen molar-refractivity contribution in [3.05, 3.63) is 29.3 Å². The topological polar surface area (TPSA) is 39.1 Å². The molecule has 1 N–H and O–H groups in total. The Kier molecular flexibility index (Phi) is 4.81. The first-order valence-electron chi connectivity index (χ1n) is 7.15. The lowest BCUT2D eigenvalue weighted by Gasteiger charge is -2.34. The molecule has 0 aliphatic carbocycles. The number of benzene rings is 1. The number of nitriles is 1. The molecule has 0 unspecified atom stereocenters. The molecule has 0 atom stereocenters. The highest BCUT2D eigenvalue weighted by atomic mass is 15.1. The smallest absolute Gasteiger partial charge is 0.101 e. The average Bonchev–Trinajstić information content (AvgIpc) is 2.45. The van der Waals surface area contributed by atoms with E-state index in [1.165, 1.54) is 24.8 Å². The standard InChI is InChI=1S/C16H23N3/c1-13-3-4-15(12-17)16(11-13)19-9-6-14(7-10-19)5-8-18-2/h3-4,11,14,18H,5-10H2,1-2H3. The Balaban J connectivity index is 2.01. The van der Waals surface area contributed by atoms with Crippen LogP contribution < -0.4 is 10.2 Å². The number of aryl methyl sites for hydroxylation is 1. The molecule has 102 valence electrons. The lowest BCUT2D eigenvalue weighted by molar-refractivity contribution is 0.378. The monoisotopic (exact) mass is 257 g/mol. The second-order valence-corrected chi connectivity index (χ2v) is 5.46. The molecule has 0 aromatic heterocycles. The van der Waals surface area contributed by atoms with Crippen LogP contribution in [0.4, 0.5) is 5.69 Å². The minimum absolute atomic E-state index is 0.805. The molecule has 1 heterocycles. The molecule has 1 aliphatic rings. The minimum Gasteiger partial charge on any atom is -0.370 e. The van der Waals surface area contributed by atoms with Gasteiger partial charge in [-0.3, -0.25) is 0 Å². The van der Waals surface area contributed by atoms with Crippen molar-refractivity contribution in [1.29, 1.82) is 5.26 Å². The van der Waals surface area contributed by atoms with Crippen LogP contribution in [0.1, 0.15) is 30.4 Å². The fourth-order valence-corrected chi connectivity index (χ4v) is 2.81. The summed E-state index contributed by atoms with van der Waals surface area (Å²) >= 11 is 0. The highest BCUT2D eigenvalue weighted by Crippen LogP contribution is 2.28. The predicted octanol–water partition coefficient (Wildman–Crippen LogP) is 2.69. The van der Waals surface area contributed by atoms with E-state index in [2.05, 4.69) is 29.3 Å². The highest BCUT2D eigenvalue weighted by Gasteiger charge is 2.20. The molecule has 1 fully saturated rings. The summed E-state index contributed by atoms with van der Waals surface area (Å²) in [6.45, 7) is 5.35. The number of hydrogen-bond acceptors (Lipinski definition) is 3. The first kappa shape index (κ1) is 13.9. The third kappa shape index (κ3) is 3.48. The molecule has 0 bridgehead atoms. The minimum atomic E-state index is 0.805. The van der Waals surface area contributed by atoms with E-state index in [9.17, 15) is 5.26 Å². The molecule has 19 heavy (non-hydrogen) atoms. The van der Waals surface area contributed by atoms with E-state index >= 15 is 0 Å². The van der Waals surface area contributed by atoms with Gasteiger partial charge in [0, 0.05) is 13.1 Å². The summed E-state index contributed by atoms with van der Waals surface area (Å²) in [5.74, 6) is 0.832. The third-order valence-electron chi connectivity index (χ3n) is 4.03. The number of piperidine rings is 1. The Labute approximate surface area is 116 Å². The summed E-state index contributed by atoms with van der Waals surface area (Å²) in [7, 11) is 2.01. The summed E-state index contributed by atoms with van der Waals surface area (Å²) in [6.07, 6.45) is 3.74. The third-order valence-corrected chi connectivity index (χ3v) is 4.03. The van der Waals surface area contributed by atoms with E-state index in [1.807, 2.05) is 19.2 Å². The van der Waals surface area contributed by atoms with Crippen molar-refractivity contribution >= 4 is 5.69 Å². The molecule has 1 aromatic rings. The van der Waals surface area contributed by atoms with Crippen LogP contribution in [-0.2, 0) is 0 Å². The molecular weight excluding hydrogens is 234 g/mol. The van der Waals surface area contributed by atoms with Gasteiger partial charge in [0.2, 0.25) is 0 Å². The Morgan fingerprint density at radius 1 is 1.37 bits per heavy atom. The van der Waals surface area contributed by atoms with Gasteiger partial charge in [0.15, 0.2) is 0 Å². The quantitative estimate of drug-likeness (QED) is 0.901. The van der Waals surface area contributed by atoms with Gasteiger partial charge >= 0.3 is 0 Å². The number of hydrogen-bond donors (Lipinski definition) is 1. The van der Waals surface area contributed by atoms with Gasteiger partial charge in [-0.2, -0.15) is 5.26 Å². The molecular formula is C16H23N3. The van der Waals surface area contributed by atoms with E-state index < -0.39 is 0 Å². The van der Waals surface area contributed by atoms with Crippen molar-refractivity contribution in [2.24, 2.45) is 5.92 Å². The molecule has 0 amide bonds. The highest BCUT2D eigenvalue weighted by molar-refractivity contribution is 5.60. The summed E-state index contributed by atoms with van der Waals surface area (Å²) in [4.78, 5) is 2.38. The van der Waals surface area contributed by atoms with Gasteiger partial charge in [-0.05, 0) is 63.4 Å². The predicted molar refractivity (Wildman–Crippen MR) is 79.4 cm³/mol. The van der Waals surface area contributed by atoms with E-state index in [0.717, 1.165) is 36.8 Å². The Morgan fingerprint density at radius 2 is 2.11 bits per heavy atom. The largest absolute Gasteiger partial charge is 0.370 e. The van der Waals surface area contributed by atoms with Crippen molar-refractivity contribution in [2.75, 3.05) is 31.6 Å². The zero-order chi connectivity index (χ0) is 13.7. The van der Waals surface area contributed by atoms with Crippen LogP contribution in [0.15, 0.2) is 18.2 Å². The molecule has 0 saturated carbocycles. The summed E-state index contributed by atoms with van der Waals surface area (Å²) in [5, 5.41) is 12.5. The molecule has 1 aliphatic heterocycles. The van der Waals surface area contributed by atoms with Gasteiger partial charge in [-0.1, -0.05) is 6.07 Å². The molecule has 1 saturated heterocycles. The molecule has 2 rings (SSSR count). The van der Waals surface area contributed by atoms with Gasteiger partial charge in [-0.25, -0.2) is 0 Å². The van der Waals surface area contributed by atoms with Crippen LogP contribution in [0.25, 0.3) is 0 Å². The van der Waals surface area contributed by atoms with Crippen LogP contribution in [0.3, 0.4) is 0 Å². The summed E-state index contributed by atoms with van der Waals surface area (Å²) in [5.41, 5.74) is 3.15. The van der Waals surface area contributed by atoms with Crippen molar-refractivity contribution in [3.8, 4) is 6.07 Å². The van der Waals surface area contributed by atoms with Crippen LogP contribution in [0.2, 0.25) is 0 Å². The first-order chi connectivity index (χ1) is 9.24. The second-order valence-electron chi connectivity index (χ2n) is 5.46. The van der Waals surface area contributed by atoms with Gasteiger partial charge in [0.05, 0.1) is 11.3 Å². The maximum atomic E-state index is 9.22. The molecule has 0 spiro atoms. The Hall–Kier alpha value is -1.53. The number of nitrogens with zero attached hydrogens (tertiary/aromatic N) is 2. The number of anilines is 1. The van der Waals surface area contributed by atoms with Crippen molar-refractivity contribution in [2.45, 2.75) is 26.2 Å². The van der Waals surface area contributed by atoms with Gasteiger partial charge in [0.1, 0.15) is 6.07 Å². The fraction of sp³-hybridized carbons (Fsp3) is 0.562. The number of nitrogens with one attached hydrogen (secondary N) is 1. The summed E-state index contributed by atoms with van der Waals surface area (Å²) < 4.78 is 0. The normalized spacial score (nSPS) is 16.4. The van der Waals surface area contributed by atoms with Gasteiger partial charge < -0.3 is 10.2 Å². The van der Waals surface area contributed by atoms with E-state index in [1.54, 1.807) is 0 Å². The van der Waals surface area contributed by atoms with Crippen LogP contribution in [0, 0.1) is 24.2 Å². The fourth-order valence-electron chi connectivity index (χ4n) is 2.81. The summed E-state index contributed by atoms with van der Waals surface area (Å²) in [6, 6.07) is 8.42. The van der Waals surface area contributed by atoms with Crippen LogP contribution >= 0.6 is 0 Å². The SMILES string of the molecule is CNCCC1CCN(c2cc(C)ccc2C#N)CC1. The number of rotatable bonds is 4. The Bertz CT molecular complexity index is 454. The zero-order valence-electron chi connectivity index (χ0n) is 11.9. The molecule has 3 nitrogen and oxygen atoms in total. The maximum absolute atomic E-state index is 9.22. The second kappa shape index (κ2) is 6.58. The molecule has 3 heteroatoms. The van der Waals surface area contributed by atoms with E-state index in [4.69, 9.17) is 0 Å². The van der Waals surface area contributed by atoms with Gasteiger partial charge in [0.25, 0.3) is 0 Å². The van der Waals surface area contributed by atoms with Gasteiger partial charge in [-0.15, -0.1) is 0 Å². The first-order valence-corrected chi connectivity index (χ1v) is 7.15. The lowest BCUT2D eigenvalue weighted by Crippen LogP contribution is -2.35. The lowest BCUT2D eigenvalue weighted by atomic mass is 9.93. The Morgan fingerprint density at radius 3 is 2.74 bits per heavy atom. The van der Waals surface area contributed by atoms with Crippen molar-refractivity contribution < 1.29 is 0 Å². The zero-order valence-corrected chi connectivity index (χ0v) is 11.9. The van der Waals surface area contributed by atoms with E-state index in [-0.39, 0.29) is 0 Å². The molecule has 1 aromatic carbocycles. The van der Waals surface area contributed by atoms with Crippen molar-refractivity contribution in [1.82, 2.24) is 5.32 Å². The van der Waals surface area contributed by atoms with Crippen LogP contribution in [-0.4, -0.2) is 26.7 Å². The van der Waals surface area contributed by atoms with E-state index in [0.29, 0.717) is 0 Å². The maximum Gasteiger partial charge on any atom is 0.101 e.